The molecule has 2 N–H and O–H groups in total. The zero-order chi connectivity index (χ0) is 6.97. The van der Waals surface area contributed by atoms with Crippen molar-refractivity contribution in [2.45, 2.75) is 0 Å². The van der Waals surface area contributed by atoms with E-state index in [1.165, 1.54) is 0 Å². The quantitative estimate of drug-likeness (QED) is 0.580. The SMILES string of the molecule is Nc1ccnc2oncc12. The molecule has 0 aliphatic heterocycles. The summed E-state index contributed by atoms with van der Waals surface area (Å²) in [4.78, 5) is 3.89. The van der Waals surface area contributed by atoms with Crippen LogP contribution in [0.25, 0.3) is 11.1 Å². The van der Waals surface area contributed by atoms with Gasteiger partial charge in [-0.2, -0.15) is 0 Å². The zero-order valence-electron chi connectivity index (χ0n) is 5.11. The summed E-state index contributed by atoms with van der Waals surface area (Å²) in [6.45, 7) is 0. The zero-order valence-corrected chi connectivity index (χ0v) is 5.11. The largest absolute Gasteiger partial charge is 0.398 e. The summed E-state index contributed by atoms with van der Waals surface area (Å²) >= 11 is 0. The van der Waals surface area contributed by atoms with E-state index in [0.29, 0.717) is 11.4 Å². The first kappa shape index (κ1) is 5.22. The van der Waals surface area contributed by atoms with Crippen LogP contribution in [0.4, 0.5) is 5.69 Å². The van der Waals surface area contributed by atoms with Crippen LogP contribution in [-0.4, -0.2) is 10.1 Å². The monoisotopic (exact) mass is 135 g/mol. The third-order valence-electron chi connectivity index (χ3n) is 1.31. The molecule has 50 valence electrons. The van der Waals surface area contributed by atoms with Gasteiger partial charge in [0.1, 0.15) is 0 Å². The highest BCUT2D eigenvalue weighted by Gasteiger charge is 2.00. The van der Waals surface area contributed by atoms with Crippen LogP contribution in [0.1, 0.15) is 0 Å². The van der Waals surface area contributed by atoms with E-state index in [2.05, 4.69) is 10.1 Å². The third-order valence-corrected chi connectivity index (χ3v) is 1.31. The molecule has 0 aromatic carbocycles. The average Bonchev–Trinajstić information content (AvgIpc) is 2.36. The van der Waals surface area contributed by atoms with Gasteiger partial charge >= 0.3 is 0 Å². The van der Waals surface area contributed by atoms with E-state index in [0.717, 1.165) is 5.39 Å². The number of pyridine rings is 1. The topological polar surface area (TPSA) is 64.9 Å². The highest BCUT2D eigenvalue weighted by molar-refractivity contribution is 5.85. The number of fused-ring (bicyclic) bond motifs is 1. The molecule has 0 saturated heterocycles. The number of anilines is 1. The van der Waals surface area contributed by atoms with Gasteiger partial charge in [0.15, 0.2) is 0 Å². The lowest BCUT2D eigenvalue weighted by molar-refractivity contribution is 0.448. The molecule has 2 heterocycles. The standard InChI is InChI=1S/C6H5N3O/c7-5-1-2-8-6-4(5)3-9-10-6/h1-3H,(H2,7,8). The van der Waals surface area contributed by atoms with Crippen LogP contribution >= 0.6 is 0 Å². The van der Waals surface area contributed by atoms with Crippen molar-refractivity contribution in [2.24, 2.45) is 0 Å². The molecule has 2 aromatic heterocycles. The van der Waals surface area contributed by atoms with E-state index in [-0.39, 0.29) is 0 Å². The minimum atomic E-state index is 0.486. The maximum absolute atomic E-state index is 5.56. The number of aromatic nitrogens is 2. The number of nitrogens with zero attached hydrogens (tertiary/aromatic N) is 2. The molecule has 0 fully saturated rings. The van der Waals surface area contributed by atoms with Crippen molar-refractivity contribution < 1.29 is 4.52 Å². The van der Waals surface area contributed by atoms with Crippen LogP contribution in [0.5, 0.6) is 0 Å². The van der Waals surface area contributed by atoms with Crippen molar-refractivity contribution in [1.29, 1.82) is 0 Å². The normalized spacial score (nSPS) is 10.4. The van der Waals surface area contributed by atoms with E-state index in [9.17, 15) is 0 Å². The van der Waals surface area contributed by atoms with Crippen molar-refractivity contribution >= 4 is 16.8 Å². The summed E-state index contributed by atoms with van der Waals surface area (Å²) < 4.78 is 4.76. The smallest absolute Gasteiger partial charge is 0.259 e. The fourth-order valence-corrected chi connectivity index (χ4v) is 0.800. The first-order valence-electron chi connectivity index (χ1n) is 2.83. The Bertz CT molecular complexity index is 355. The maximum atomic E-state index is 5.56. The van der Waals surface area contributed by atoms with Gasteiger partial charge in [-0.15, -0.1) is 0 Å². The first-order chi connectivity index (χ1) is 4.88. The summed E-state index contributed by atoms with van der Waals surface area (Å²) in [5.41, 5.74) is 6.69. The second-order valence-electron chi connectivity index (χ2n) is 1.94. The highest BCUT2D eigenvalue weighted by atomic mass is 16.5. The molecule has 0 unspecified atom stereocenters. The summed E-state index contributed by atoms with van der Waals surface area (Å²) in [6, 6.07) is 1.71. The van der Waals surface area contributed by atoms with Gasteiger partial charge in [-0.1, -0.05) is 5.16 Å². The Morgan fingerprint density at radius 1 is 1.50 bits per heavy atom. The fourth-order valence-electron chi connectivity index (χ4n) is 0.800. The Kier molecular flexibility index (Phi) is 0.887. The molecular formula is C6H5N3O. The first-order valence-corrected chi connectivity index (χ1v) is 2.83. The summed E-state index contributed by atoms with van der Waals surface area (Å²) in [5, 5.41) is 4.31. The summed E-state index contributed by atoms with van der Waals surface area (Å²) in [7, 11) is 0. The number of nitrogens with two attached hydrogens (primary N) is 1. The van der Waals surface area contributed by atoms with E-state index in [1.54, 1.807) is 18.5 Å². The minimum Gasteiger partial charge on any atom is -0.398 e. The lowest BCUT2D eigenvalue weighted by atomic mass is 10.3. The van der Waals surface area contributed by atoms with Crippen molar-refractivity contribution in [3.8, 4) is 0 Å². The highest BCUT2D eigenvalue weighted by Crippen LogP contribution is 2.16. The van der Waals surface area contributed by atoms with Crippen LogP contribution in [0.3, 0.4) is 0 Å². The molecular weight excluding hydrogens is 130 g/mol. The third kappa shape index (κ3) is 0.556. The Morgan fingerprint density at radius 2 is 2.40 bits per heavy atom. The van der Waals surface area contributed by atoms with Gasteiger partial charge in [0, 0.05) is 11.9 Å². The molecule has 10 heavy (non-hydrogen) atoms. The fraction of sp³-hybridized carbons (Fsp3) is 0. The van der Waals surface area contributed by atoms with Gasteiger partial charge in [-0.05, 0) is 6.07 Å². The molecule has 2 rings (SSSR count). The van der Waals surface area contributed by atoms with Gasteiger partial charge in [0.2, 0.25) is 0 Å². The van der Waals surface area contributed by atoms with E-state index in [4.69, 9.17) is 10.3 Å². The number of rotatable bonds is 0. The van der Waals surface area contributed by atoms with Gasteiger partial charge in [0.25, 0.3) is 5.71 Å². The van der Waals surface area contributed by atoms with E-state index in [1.807, 2.05) is 0 Å². The van der Waals surface area contributed by atoms with Gasteiger partial charge < -0.3 is 10.3 Å². The molecule has 0 atom stereocenters. The molecule has 0 aliphatic carbocycles. The molecule has 4 nitrogen and oxygen atoms in total. The molecule has 0 radical (unpaired) electrons. The van der Waals surface area contributed by atoms with Crippen molar-refractivity contribution in [3.63, 3.8) is 0 Å². The Labute approximate surface area is 56.6 Å². The van der Waals surface area contributed by atoms with Crippen molar-refractivity contribution in [2.75, 3.05) is 5.73 Å². The summed E-state index contributed by atoms with van der Waals surface area (Å²) in [5.74, 6) is 0. The van der Waals surface area contributed by atoms with Gasteiger partial charge in [-0.25, -0.2) is 4.98 Å². The van der Waals surface area contributed by atoms with Crippen LogP contribution in [0, 0.1) is 0 Å². The van der Waals surface area contributed by atoms with Crippen LogP contribution in [-0.2, 0) is 0 Å². The Morgan fingerprint density at radius 3 is 3.20 bits per heavy atom. The number of hydrogen-bond acceptors (Lipinski definition) is 4. The Balaban J connectivity index is 2.95. The second kappa shape index (κ2) is 1.70. The summed E-state index contributed by atoms with van der Waals surface area (Å²) in [6.07, 6.45) is 3.14. The van der Waals surface area contributed by atoms with Gasteiger partial charge in [0.05, 0.1) is 11.6 Å². The maximum Gasteiger partial charge on any atom is 0.259 e. The molecule has 0 amide bonds. The molecule has 2 aromatic rings. The molecule has 4 heteroatoms. The number of hydrogen-bond donors (Lipinski definition) is 1. The lowest BCUT2D eigenvalue weighted by Crippen LogP contribution is -1.84. The van der Waals surface area contributed by atoms with Crippen LogP contribution in [0.15, 0.2) is 23.0 Å². The predicted octanol–water partition coefficient (Wildman–Crippen LogP) is 0.805. The van der Waals surface area contributed by atoms with E-state index >= 15 is 0 Å². The average molecular weight is 135 g/mol. The van der Waals surface area contributed by atoms with Crippen molar-refractivity contribution in [3.05, 3.63) is 18.5 Å². The Hall–Kier alpha value is -1.58. The molecule has 0 saturated carbocycles. The second-order valence-corrected chi connectivity index (χ2v) is 1.94. The van der Waals surface area contributed by atoms with Crippen LogP contribution < -0.4 is 5.73 Å². The number of nitrogen functional groups attached to an aromatic ring is 1. The molecule has 0 aliphatic rings. The predicted molar refractivity (Wildman–Crippen MR) is 36.2 cm³/mol. The van der Waals surface area contributed by atoms with Crippen LogP contribution in [0.2, 0.25) is 0 Å². The lowest BCUT2D eigenvalue weighted by Gasteiger charge is -1.88. The van der Waals surface area contributed by atoms with E-state index < -0.39 is 0 Å². The molecule has 0 bridgehead atoms. The minimum absolute atomic E-state index is 0.486. The molecule has 0 spiro atoms. The van der Waals surface area contributed by atoms with Crippen molar-refractivity contribution in [1.82, 2.24) is 10.1 Å². The van der Waals surface area contributed by atoms with Gasteiger partial charge in [-0.3, -0.25) is 0 Å².